The van der Waals surface area contributed by atoms with Crippen LogP contribution in [-0.4, -0.2) is 19.8 Å². The minimum absolute atomic E-state index is 0.0123. The molecule has 1 atom stereocenters. The molecule has 0 aliphatic heterocycles. The molecular weight excluding hydrogens is 278 g/mol. The number of halogens is 1. The number of nitrogens with zero attached hydrogens (tertiary/aromatic N) is 3. The van der Waals surface area contributed by atoms with Gasteiger partial charge in [0.2, 0.25) is 0 Å². The zero-order valence-corrected chi connectivity index (χ0v) is 11.2. The van der Waals surface area contributed by atoms with E-state index in [-0.39, 0.29) is 5.00 Å². The van der Waals surface area contributed by atoms with E-state index in [0.29, 0.717) is 21.3 Å². The lowest BCUT2D eigenvalue weighted by Crippen LogP contribution is -1.99. The van der Waals surface area contributed by atoms with E-state index in [1.54, 1.807) is 14.0 Å². The van der Waals surface area contributed by atoms with Crippen LogP contribution in [-0.2, 0) is 7.05 Å². The second kappa shape index (κ2) is 4.68. The molecule has 2 aromatic rings. The number of nitro groups is 1. The number of hydrogen-bond acceptors (Lipinski definition) is 5. The van der Waals surface area contributed by atoms with Gasteiger partial charge in [-0.25, -0.2) is 0 Å². The summed E-state index contributed by atoms with van der Waals surface area (Å²) in [6.07, 6.45) is -0.995. The molecule has 1 unspecified atom stereocenters. The molecule has 0 spiro atoms. The van der Waals surface area contributed by atoms with Crippen molar-refractivity contribution >= 4 is 27.9 Å². The minimum Gasteiger partial charge on any atom is -0.383 e. The van der Waals surface area contributed by atoms with Crippen molar-refractivity contribution < 1.29 is 10.0 Å². The van der Waals surface area contributed by atoms with Crippen LogP contribution in [0.1, 0.15) is 22.2 Å². The summed E-state index contributed by atoms with van der Waals surface area (Å²) in [5.74, 6) is 0. The van der Waals surface area contributed by atoms with Crippen molar-refractivity contribution in [2.45, 2.75) is 13.0 Å². The van der Waals surface area contributed by atoms with Gasteiger partial charge in [0.25, 0.3) is 0 Å². The van der Waals surface area contributed by atoms with Crippen LogP contribution < -0.4 is 0 Å². The third-order valence-electron chi connectivity index (χ3n) is 2.53. The predicted octanol–water partition coefficient (Wildman–Crippen LogP) is 2.43. The number of hydrogen-bond donors (Lipinski definition) is 1. The van der Waals surface area contributed by atoms with Crippen molar-refractivity contribution in [2.24, 2.45) is 7.05 Å². The summed E-state index contributed by atoms with van der Waals surface area (Å²) in [7, 11) is 1.67. The molecule has 2 rings (SSSR count). The molecule has 0 saturated heterocycles. The monoisotopic (exact) mass is 287 g/mol. The largest absolute Gasteiger partial charge is 0.383 e. The van der Waals surface area contributed by atoms with Gasteiger partial charge in [0.05, 0.1) is 10.6 Å². The van der Waals surface area contributed by atoms with Gasteiger partial charge in [0, 0.05) is 23.6 Å². The molecule has 0 fully saturated rings. The van der Waals surface area contributed by atoms with E-state index in [1.807, 2.05) is 0 Å². The predicted molar refractivity (Wildman–Crippen MR) is 68.0 cm³/mol. The highest BCUT2D eigenvalue weighted by Crippen LogP contribution is 2.36. The average Bonchev–Trinajstić information content (AvgIpc) is 2.85. The van der Waals surface area contributed by atoms with Gasteiger partial charge in [-0.15, -0.1) is 0 Å². The van der Waals surface area contributed by atoms with Crippen molar-refractivity contribution in [3.8, 4) is 0 Å². The summed E-state index contributed by atoms with van der Waals surface area (Å²) in [6, 6.07) is 2.89. The summed E-state index contributed by atoms with van der Waals surface area (Å²) in [5, 5.41) is 25.2. The molecule has 6 nitrogen and oxygen atoms in total. The smallest absolute Gasteiger partial charge is 0.324 e. The Morgan fingerprint density at radius 1 is 1.61 bits per heavy atom. The number of thiophene rings is 1. The zero-order chi connectivity index (χ0) is 13.4. The van der Waals surface area contributed by atoms with E-state index in [2.05, 4.69) is 5.10 Å². The molecule has 0 aliphatic carbocycles. The quantitative estimate of drug-likeness (QED) is 0.694. The SMILES string of the molecule is Cc1nn(C)c(Cl)c1C(O)c1ccc([N+](=O)[O-])s1. The number of aliphatic hydroxyl groups is 1. The summed E-state index contributed by atoms with van der Waals surface area (Å²) in [6.45, 7) is 1.73. The first kappa shape index (κ1) is 13.0. The number of rotatable bonds is 3. The lowest BCUT2D eigenvalue weighted by atomic mass is 10.1. The van der Waals surface area contributed by atoms with Crippen LogP contribution in [0.25, 0.3) is 0 Å². The molecule has 0 aromatic carbocycles. The van der Waals surface area contributed by atoms with Gasteiger partial charge >= 0.3 is 5.00 Å². The molecule has 96 valence electrons. The Morgan fingerprint density at radius 2 is 2.28 bits per heavy atom. The molecule has 18 heavy (non-hydrogen) atoms. The minimum atomic E-state index is -0.995. The van der Waals surface area contributed by atoms with E-state index < -0.39 is 11.0 Å². The van der Waals surface area contributed by atoms with Gasteiger partial charge in [0.1, 0.15) is 11.3 Å². The fourth-order valence-corrected chi connectivity index (χ4v) is 2.78. The Balaban J connectivity index is 2.41. The molecule has 0 aliphatic rings. The average molecular weight is 288 g/mol. The molecule has 2 aromatic heterocycles. The van der Waals surface area contributed by atoms with E-state index in [4.69, 9.17) is 11.6 Å². The Labute approximate surface area is 112 Å². The van der Waals surface area contributed by atoms with Crippen molar-refractivity contribution in [3.05, 3.63) is 43.5 Å². The number of aryl methyl sites for hydroxylation is 2. The highest BCUT2D eigenvalue weighted by molar-refractivity contribution is 7.15. The Bertz CT molecular complexity index is 608. The molecule has 0 bridgehead atoms. The summed E-state index contributed by atoms with van der Waals surface area (Å²) in [5.41, 5.74) is 1.09. The normalized spacial score (nSPS) is 12.7. The zero-order valence-electron chi connectivity index (χ0n) is 9.62. The van der Waals surface area contributed by atoms with Crippen molar-refractivity contribution in [3.63, 3.8) is 0 Å². The van der Waals surface area contributed by atoms with E-state index in [0.717, 1.165) is 11.3 Å². The van der Waals surface area contributed by atoms with Crippen LogP contribution in [0.15, 0.2) is 12.1 Å². The van der Waals surface area contributed by atoms with Crippen LogP contribution in [0.5, 0.6) is 0 Å². The molecular formula is C10H10ClN3O3S. The topological polar surface area (TPSA) is 81.2 Å². The van der Waals surface area contributed by atoms with Crippen LogP contribution in [0.2, 0.25) is 5.15 Å². The van der Waals surface area contributed by atoms with Crippen molar-refractivity contribution in [1.82, 2.24) is 9.78 Å². The highest BCUT2D eigenvalue weighted by Gasteiger charge is 2.24. The molecule has 0 amide bonds. The maximum absolute atomic E-state index is 10.6. The summed E-state index contributed by atoms with van der Waals surface area (Å²) >= 11 is 6.97. The molecule has 1 N–H and O–H groups in total. The first-order valence-electron chi connectivity index (χ1n) is 5.03. The van der Waals surface area contributed by atoms with Gasteiger partial charge in [-0.3, -0.25) is 14.8 Å². The second-order valence-electron chi connectivity index (χ2n) is 3.75. The second-order valence-corrected chi connectivity index (χ2v) is 5.20. The maximum atomic E-state index is 10.6. The van der Waals surface area contributed by atoms with Crippen molar-refractivity contribution in [2.75, 3.05) is 0 Å². The fourth-order valence-electron chi connectivity index (χ4n) is 1.69. The molecule has 0 radical (unpaired) electrons. The molecule has 8 heteroatoms. The van der Waals surface area contributed by atoms with Gasteiger partial charge in [-0.1, -0.05) is 22.9 Å². The van der Waals surface area contributed by atoms with E-state index in [1.165, 1.54) is 16.8 Å². The summed E-state index contributed by atoms with van der Waals surface area (Å²) < 4.78 is 1.46. The molecule has 0 saturated carbocycles. The van der Waals surface area contributed by atoms with Crippen LogP contribution >= 0.6 is 22.9 Å². The van der Waals surface area contributed by atoms with Crippen LogP contribution in [0.4, 0.5) is 5.00 Å². The van der Waals surface area contributed by atoms with Crippen LogP contribution in [0, 0.1) is 17.0 Å². The molecule has 2 heterocycles. The van der Waals surface area contributed by atoms with Gasteiger partial charge in [-0.2, -0.15) is 5.10 Å². The van der Waals surface area contributed by atoms with Gasteiger partial charge in [-0.05, 0) is 13.0 Å². The van der Waals surface area contributed by atoms with Crippen LogP contribution in [0.3, 0.4) is 0 Å². The third-order valence-corrected chi connectivity index (χ3v) is 4.07. The van der Waals surface area contributed by atoms with E-state index in [9.17, 15) is 15.2 Å². The lowest BCUT2D eigenvalue weighted by molar-refractivity contribution is -0.380. The number of aliphatic hydroxyl groups excluding tert-OH is 1. The Hall–Kier alpha value is -1.44. The van der Waals surface area contributed by atoms with Gasteiger partial charge in [0.15, 0.2) is 0 Å². The van der Waals surface area contributed by atoms with Gasteiger partial charge < -0.3 is 5.11 Å². The fraction of sp³-hybridized carbons (Fsp3) is 0.300. The first-order chi connectivity index (χ1) is 8.41. The summed E-state index contributed by atoms with van der Waals surface area (Å²) in [4.78, 5) is 10.6. The lowest BCUT2D eigenvalue weighted by Gasteiger charge is -2.07. The first-order valence-corrected chi connectivity index (χ1v) is 6.22. The standard InChI is InChI=1S/C10H10ClN3O3S/c1-5-8(10(11)13(2)12-5)9(15)6-3-4-7(18-6)14(16)17/h3-4,9,15H,1-2H3. The third kappa shape index (κ3) is 2.12. The Kier molecular flexibility index (Phi) is 3.38. The Morgan fingerprint density at radius 3 is 2.72 bits per heavy atom. The van der Waals surface area contributed by atoms with Crippen molar-refractivity contribution in [1.29, 1.82) is 0 Å². The highest BCUT2D eigenvalue weighted by atomic mass is 35.5. The number of aromatic nitrogens is 2. The maximum Gasteiger partial charge on any atom is 0.324 e. The van der Waals surface area contributed by atoms with E-state index >= 15 is 0 Å².